The van der Waals surface area contributed by atoms with E-state index in [1.807, 2.05) is 18.2 Å². The van der Waals surface area contributed by atoms with Gasteiger partial charge in [0.25, 0.3) is 0 Å². The van der Waals surface area contributed by atoms with Crippen molar-refractivity contribution in [3.63, 3.8) is 0 Å². The third kappa shape index (κ3) is 3.17. The van der Waals surface area contributed by atoms with E-state index in [2.05, 4.69) is 26.0 Å². The molecule has 0 radical (unpaired) electrons. The number of benzene rings is 1. The molecule has 0 saturated heterocycles. The summed E-state index contributed by atoms with van der Waals surface area (Å²) >= 11 is 0. The number of anilines is 1. The highest BCUT2D eigenvalue weighted by atomic mass is 16.5. The lowest BCUT2D eigenvalue weighted by molar-refractivity contribution is -0.114. The number of ketones is 1. The van der Waals surface area contributed by atoms with E-state index in [1.54, 1.807) is 5.57 Å². The lowest BCUT2D eigenvalue weighted by Gasteiger charge is -2.52. The first-order valence-electron chi connectivity index (χ1n) is 11.9. The predicted octanol–water partition coefficient (Wildman–Crippen LogP) is 5.96. The molecule has 0 spiro atoms. The zero-order valence-corrected chi connectivity index (χ0v) is 18.5. The summed E-state index contributed by atoms with van der Waals surface area (Å²) in [5, 5.41) is 0. The monoisotopic (exact) mass is 405 g/mol. The molecular weight excluding hydrogens is 370 g/mol. The van der Waals surface area contributed by atoms with Crippen LogP contribution in [0.1, 0.15) is 76.7 Å². The molecule has 3 heteroatoms. The Kier molecular flexibility index (Phi) is 5.13. The average molecular weight is 406 g/mol. The van der Waals surface area contributed by atoms with E-state index in [0.717, 1.165) is 38.0 Å². The summed E-state index contributed by atoms with van der Waals surface area (Å²) in [6.07, 6.45) is 10.9. The van der Waals surface area contributed by atoms with Crippen molar-refractivity contribution in [2.75, 3.05) is 12.3 Å². The SMILES string of the molecule is CCCOC1CCC2C3CCC4=CC(=O)CCC4=C3C(c3ccc(N)cc3)CC12C. The van der Waals surface area contributed by atoms with Crippen molar-refractivity contribution in [3.05, 3.63) is 52.6 Å². The highest BCUT2D eigenvalue weighted by Crippen LogP contribution is 2.64. The average Bonchev–Trinajstić information content (AvgIpc) is 3.07. The topological polar surface area (TPSA) is 52.3 Å². The standard InChI is InChI=1S/C27H35NO2/c1-3-14-30-25-13-12-24-22-10-6-18-15-20(29)9-11-21(18)26(22)23(16-27(24,25)2)17-4-7-19(28)8-5-17/h4-5,7-8,15,22-25H,3,6,9-14,16,28H2,1-2H3. The van der Waals surface area contributed by atoms with E-state index >= 15 is 0 Å². The Morgan fingerprint density at radius 3 is 2.67 bits per heavy atom. The molecule has 1 aromatic carbocycles. The van der Waals surface area contributed by atoms with Crippen LogP contribution < -0.4 is 5.73 Å². The first-order chi connectivity index (χ1) is 14.5. The summed E-state index contributed by atoms with van der Waals surface area (Å²) in [6.45, 7) is 5.58. The fourth-order valence-electron chi connectivity index (χ4n) is 7.17. The van der Waals surface area contributed by atoms with Gasteiger partial charge in [-0.3, -0.25) is 4.79 Å². The number of carbonyl (C=O) groups excluding carboxylic acids is 1. The molecule has 5 unspecified atom stereocenters. The van der Waals surface area contributed by atoms with Crippen molar-refractivity contribution in [2.45, 2.75) is 77.2 Å². The second kappa shape index (κ2) is 7.67. The summed E-state index contributed by atoms with van der Waals surface area (Å²) in [4.78, 5) is 12.1. The van der Waals surface area contributed by atoms with Crippen LogP contribution in [0.15, 0.2) is 47.1 Å². The van der Waals surface area contributed by atoms with Gasteiger partial charge in [0.05, 0.1) is 6.10 Å². The Morgan fingerprint density at radius 1 is 1.10 bits per heavy atom. The Labute approximate surface area is 180 Å². The number of allylic oxidation sites excluding steroid dienone is 4. The van der Waals surface area contributed by atoms with Gasteiger partial charge >= 0.3 is 0 Å². The highest BCUT2D eigenvalue weighted by Gasteiger charge is 2.57. The lowest BCUT2D eigenvalue weighted by atomic mass is 9.53. The van der Waals surface area contributed by atoms with Crippen molar-refractivity contribution < 1.29 is 9.53 Å². The Bertz CT molecular complexity index is 896. The van der Waals surface area contributed by atoms with Gasteiger partial charge in [0, 0.05) is 24.6 Å². The van der Waals surface area contributed by atoms with Gasteiger partial charge < -0.3 is 10.5 Å². The molecule has 5 atom stereocenters. The quantitative estimate of drug-likeness (QED) is 0.629. The van der Waals surface area contributed by atoms with E-state index < -0.39 is 0 Å². The molecule has 0 amide bonds. The minimum absolute atomic E-state index is 0.224. The van der Waals surface area contributed by atoms with Gasteiger partial charge in [0.2, 0.25) is 0 Å². The number of nitrogen functional groups attached to an aromatic ring is 1. The van der Waals surface area contributed by atoms with Gasteiger partial charge in [-0.1, -0.05) is 31.6 Å². The third-order valence-corrected chi connectivity index (χ3v) is 8.51. The summed E-state index contributed by atoms with van der Waals surface area (Å²) in [5.74, 6) is 2.05. The Morgan fingerprint density at radius 2 is 1.90 bits per heavy atom. The van der Waals surface area contributed by atoms with Crippen LogP contribution in [0.5, 0.6) is 0 Å². The van der Waals surface area contributed by atoms with E-state index in [-0.39, 0.29) is 5.41 Å². The summed E-state index contributed by atoms with van der Waals surface area (Å²) in [7, 11) is 0. The molecule has 5 rings (SSSR count). The summed E-state index contributed by atoms with van der Waals surface area (Å²) in [5.41, 5.74) is 13.0. The third-order valence-electron chi connectivity index (χ3n) is 8.51. The first-order valence-corrected chi connectivity index (χ1v) is 11.9. The van der Waals surface area contributed by atoms with Crippen molar-refractivity contribution >= 4 is 11.5 Å². The Hall–Kier alpha value is -1.87. The van der Waals surface area contributed by atoms with Gasteiger partial charge in [0.15, 0.2) is 5.78 Å². The maximum Gasteiger partial charge on any atom is 0.156 e. The number of fused-ring (bicyclic) bond motifs is 4. The number of hydrogen-bond donors (Lipinski definition) is 1. The molecule has 160 valence electrons. The second-order valence-electron chi connectivity index (χ2n) is 10.2. The molecule has 3 nitrogen and oxygen atoms in total. The normalized spacial score (nSPS) is 35.5. The molecule has 0 aromatic heterocycles. The van der Waals surface area contributed by atoms with Crippen molar-refractivity contribution in [1.29, 1.82) is 0 Å². The maximum atomic E-state index is 12.1. The van der Waals surface area contributed by atoms with Gasteiger partial charge in [-0.05, 0) is 97.1 Å². The van der Waals surface area contributed by atoms with Crippen LogP contribution in [-0.2, 0) is 9.53 Å². The highest BCUT2D eigenvalue weighted by molar-refractivity contribution is 5.93. The van der Waals surface area contributed by atoms with Crippen molar-refractivity contribution in [2.24, 2.45) is 17.3 Å². The van der Waals surface area contributed by atoms with E-state index in [4.69, 9.17) is 10.5 Å². The van der Waals surface area contributed by atoms with Crippen molar-refractivity contribution in [1.82, 2.24) is 0 Å². The van der Waals surface area contributed by atoms with Crippen molar-refractivity contribution in [3.8, 4) is 0 Å². The van der Waals surface area contributed by atoms with Gasteiger partial charge in [-0.2, -0.15) is 0 Å². The van der Waals surface area contributed by atoms with E-state index in [9.17, 15) is 4.79 Å². The smallest absolute Gasteiger partial charge is 0.156 e. The minimum Gasteiger partial charge on any atom is -0.399 e. The van der Waals surface area contributed by atoms with E-state index in [1.165, 1.54) is 36.0 Å². The molecule has 0 bridgehead atoms. The van der Waals surface area contributed by atoms with Crippen LogP contribution in [0.2, 0.25) is 0 Å². The fourth-order valence-corrected chi connectivity index (χ4v) is 7.17. The zero-order valence-electron chi connectivity index (χ0n) is 18.5. The van der Waals surface area contributed by atoms with Crippen LogP contribution in [0.4, 0.5) is 5.69 Å². The first kappa shape index (κ1) is 20.1. The van der Waals surface area contributed by atoms with E-state index in [0.29, 0.717) is 36.1 Å². The van der Waals surface area contributed by atoms with Crippen LogP contribution >= 0.6 is 0 Å². The largest absolute Gasteiger partial charge is 0.399 e. The molecule has 2 fully saturated rings. The van der Waals surface area contributed by atoms with Gasteiger partial charge in [0.1, 0.15) is 0 Å². The molecule has 2 saturated carbocycles. The number of nitrogens with two attached hydrogens (primary N) is 1. The molecule has 1 aromatic rings. The molecule has 30 heavy (non-hydrogen) atoms. The molecule has 4 aliphatic rings. The van der Waals surface area contributed by atoms with Crippen LogP contribution in [0.25, 0.3) is 0 Å². The second-order valence-corrected chi connectivity index (χ2v) is 10.2. The number of carbonyl (C=O) groups is 1. The molecule has 4 aliphatic carbocycles. The van der Waals surface area contributed by atoms with Crippen LogP contribution in [-0.4, -0.2) is 18.5 Å². The fraction of sp³-hybridized carbons (Fsp3) is 0.593. The molecule has 0 heterocycles. The minimum atomic E-state index is 0.224. The predicted molar refractivity (Wildman–Crippen MR) is 121 cm³/mol. The number of ether oxygens (including phenoxy) is 1. The lowest BCUT2D eigenvalue weighted by Crippen LogP contribution is -2.45. The number of rotatable bonds is 4. The number of hydrogen-bond acceptors (Lipinski definition) is 3. The molecular formula is C27H35NO2. The molecule has 0 aliphatic heterocycles. The Balaban J connectivity index is 1.61. The van der Waals surface area contributed by atoms with Crippen LogP contribution in [0, 0.1) is 17.3 Å². The summed E-state index contributed by atoms with van der Waals surface area (Å²) < 4.78 is 6.44. The maximum absolute atomic E-state index is 12.1. The van der Waals surface area contributed by atoms with Gasteiger partial charge in [-0.25, -0.2) is 0 Å². The van der Waals surface area contributed by atoms with Crippen LogP contribution in [0.3, 0.4) is 0 Å². The van der Waals surface area contributed by atoms with Gasteiger partial charge in [-0.15, -0.1) is 0 Å². The summed E-state index contributed by atoms with van der Waals surface area (Å²) in [6, 6.07) is 8.57. The zero-order chi connectivity index (χ0) is 20.9. The molecule has 2 N–H and O–H groups in total.